The minimum Gasteiger partial charge on any atom is -0.497 e. The second-order valence-corrected chi connectivity index (χ2v) is 9.77. The summed E-state index contributed by atoms with van der Waals surface area (Å²) in [5, 5.41) is 0.704. The Morgan fingerprint density at radius 2 is 1.96 bits per heavy atom. The maximum absolute atomic E-state index is 11.3. The smallest absolute Gasteiger partial charge is 0.472 e. The molecule has 9 heteroatoms. The Kier molecular flexibility index (Phi) is 7.10. The molecule has 3 rings (SSSR count). The van der Waals surface area contributed by atoms with Crippen molar-refractivity contribution in [3.63, 3.8) is 0 Å². The molecule has 2 aromatic rings. The first-order valence-electron chi connectivity index (χ1n) is 8.80. The highest BCUT2D eigenvalue weighted by Gasteiger charge is 2.38. The maximum Gasteiger partial charge on any atom is 0.472 e. The molecular weight excluding hydrogens is 421 g/mol. The number of hydrogen-bond donors (Lipinski definition) is 2. The molecule has 0 aliphatic carbocycles. The van der Waals surface area contributed by atoms with Gasteiger partial charge in [-0.2, -0.15) is 0 Å². The molecule has 0 saturated carbocycles. The number of methoxy groups -OCH3 is 1. The van der Waals surface area contributed by atoms with Crippen LogP contribution in [0.5, 0.6) is 5.75 Å². The summed E-state index contributed by atoms with van der Waals surface area (Å²) in [7, 11) is -2.27. The van der Waals surface area contributed by atoms with Gasteiger partial charge in [0.1, 0.15) is 5.75 Å². The van der Waals surface area contributed by atoms with Crippen molar-refractivity contribution in [1.82, 2.24) is 0 Å². The largest absolute Gasteiger partial charge is 0.497 e. The number of phosphoric ester groups is 1. The Morgan fingerprint density at radius 1 is 1.25 bits per heavy atom. The van der Waals surface area contributed by atoms with E-state index >= 15 is 0 Å². The van der Waals surface area contributed by atoms with Crippen LogP contribution in [0.3, 0.4) is 0 Å². The number of halogens is 1. The molecule has 6 nitrogen and oxygen atoms in total. The van der Waals surface area contributed by atoms with Crippen LogP contribution in [0, 0.1) is 0 Å². The quantitative estimate of drug-likeness (QED) is 0.601. The third-order valence-electron chi connectivity index (χ3n) is 4.45. The molecule has 152 valence electrons. The zero-order valence-electron chi connectivity index (χ0n) is 15.5. The summed E-state index contributed by atoms with van der Waals surface area (Å²) in [5.41, 5.74) is 6.46. The second-order valence-electron chi connectivity index (χ2n) is 6.77. The molecule has 0 aromatic heterocycles. The number of rotatable bonds is 7. The van der Waals surface area contributed by atoms with Gasteiger partial charge in [0.15, 0.2) is 0 Å². The Morgan fingerprint density at radius 3 is 2.64 bits per heavy atom. The topological polar surface area (TPSA) is 91.0 Å². The number of hydrogen-bond acceptors (Lipinski definition) is 6. The Labute approximate surface area is 173 Å². The minimum absolute atomic E-state index is 0.00459. The number of benzene rings is 2. The van der Waals surface area contributed by atoms with Gasteiger partial charge < -0.3 is 15.4 Å². The van der Waals surface area contributed by atoms with Gasteiger partial charge in [0, 0.05) is 14.8 Å². The predicted octanol–water partition coefficient (Wildman–Crippen LogP) is 4.67. The fourth-order valence-corrected chi connectivity index (χ4v) is 5.03. The molecule has 2 aromatic carbocycles. The van der Waals surface area contributed by atoms with Gasteiger partial charge in [-0.25, -0.2) is 4.57 Å². The summed E-state index contributed by atoms with van der Waals surface area (Å²) < 4.78 is 26.2. The van der Waals surface area contributed by atoms with Crippen molar-refractivity contribution in [2.75, 3.05) is 20.3 Å². The molecule has 0 radical (unpaired) electrons. The summed E-state index contributed by atoms with van der Waals surface area (Å²) in [6.07, 6.45) is 2.11. The lowest BCUT2D eigenvalue weighted by atomic mass is 9.94. The monoisotopic (exact) mass is 443 g/mol. The lowest BCUT2D eigenvalue weighted by molar-refractivity contribution is 0.0362. The molecule has 1 aliphatic rings. The van der Waals surface area contributed by atoms with Crippen LogP contribution in [0.4, 0.5) is 0 Å². The van der Waals surface area contributed by atoms with E-state index in [1.807, 2.05) is 42.5 Å². The number of phosphoric acid groups is 1. The van der Waals surface area contributed by atoms with Crippen molar-refractivity contribution in [1.29, 1.82) is 0 Å². The van der Waals surface area contributed by atoms with Crippen LogP contribution >= 0.6 is 31.2 Å². The molecule has 1 heterocycles. The number of ether oxygens (including phenoxy) is 1. The number of nitrogens with two attached hydrogens (primary N) is 1. The summed E-state index contributed by atoms with van der Waals surface area (Å²) in [4.78, 5) is 11.4. The van der Waals surface area contributed by atoms with Crippen LogP contribution in [0.1, 0.15) is 18.4 Å². The molecule has 0 unspecified atom stereocenters. The second kappa shape index (κ2) is 9.18. The lowest BCUT2D eigenvalue weighted by Crippen LogP contribution is -2.50. The Bertz CT molecular complexity index is 869. The molecule has 1 aliphatic heterocycles. The van der Waals surface area contributed by atoms with Gasteiger partial charge in [-0.1, -0.05) is 35.5 Å². The molecule has 1 fully saturated rings. The Hall–Kier alpha value is -1.05. The molecule has 0 atom stereocenters. The predicted molar refractivity (Wildman–Crippen MR) is 110 cm³/mol. The molecule has 0 bridgehead atoms. The summed E-state index contributed by atoms with van der Waals surface area (Å²) in [6, 6.07) is 13.9. The van der Waals surface area contributed by atoms with E-state index in [-0.39, 0.29) is 13.2 Å². The summed E-state index contributed by atoms with van der Waals surface area (Å²) in [5.74, 6) is 0.816. The first-order chi connectivity index (χ1) is 13.3. The van der Waals surface area contributed by atoms with Crippen LogP contribution in [-0.4, -0.2) is 30.8 Å². The molecule has 0 spiro atoms. The van der Waals surface area contributed by atoms with Gasteiger partial charge in [0.2, 0.25) is 0 Å². The van der Waals surface area contributed by atoms with Crippen LogP contribution in [0.25, 0.3) is 0 Å². The first kappa shape index (κ1) is 21.7. The number of aryl methyl sites for hydroxylation is 1. The molecular formula is C19H23ClNO5PS. The third kappa shape index (κ3) is 5.97. The van der Waals surface area contributed by atoms with E-state index in [0.717, 1.165) is 33.9 Å². The van der Waals surface area contributed by atoms with E-state index in [4.69, 9.17) is 31.1 Å². The summed E-state index contributed by atoms with van der Waals surface area (Å²) in [6.45, 7) is 0.00918. The average molecular weight is 444 g/mol. The molecule has 28 heavy (non-hydrogen) atoms. The Balaban J connectivity index is 1.55. The highest BCUT2D eigenvalue weighted by molar-refractivity contribution is 7.99. The van der Waals surface area contributed by atoms with E-state index < -0.39 is 13.4 Å². The van der Waals surface area contributed by atoms with Gasteiger partial charge in [0.25, 0.3) is 0 Å². The van der Waals surface area contributed by atoms with Crippen LogP contribution in [-0.2, 0) is 20.0 Å². The third-order valence-corrected chi connectivity index (χ3v) is 6.69. The summed E-state index contributed by atoms with van der Waals surface area (Å²) >= 11 is 8.08. The zero-order valence-corrected chi connectivity index (χ0v) is 17.9. The minimum atomic E-state index is -3.92. The maximum atomic E-state index is 11.3. The molecule has 1 saturated heterocycles. The fourth-order valence-electron chi connectivity index (χ4n) is 2.87. The SMILES string of the molecule is COc1cccc(Sc2ccc(CCCC3(N)COP(=O)(O)OC3)c(Cl)c2)c1. The van der Waals surface area contributed by atoms with Crippen molar-refractivity contribution in [2.45, 2.75) is 34.6 Å². The van der Waals surface area contributed by atoms with Gasteiger partial charge in [0.05, 0.1) is 25.9 Å². The first-order valence-corrected chi connectivity index (χ1v) is 11.5. The van der Waals surface area contributed by atoms with E-state index in [0.29, 0.717) is 11.4 Å². The van der Waals surface area contributed by atoms with Crippen molar-refractivity contribution >= 4 is 31.2 Å². The van der Waals surface area contributed by atoms with Crippen molar-refractivity contribution < 1.29 is 23.2 Å². The van der Waals surface area contributed by atoms with Gasteiger partial charge >= 0.3 is 7.82 Å². The van der Waals surface area contributed by atoms with E-state index in [1.165, 1.54) is 0 Å². The van der Waals surface area contributed by atoms with Crippen molar-refractivity contribution in [2.24, 2.45) is 5.73 Å². The van der Waals surface area contributed by atoms with Crippen LogP contribution in [0.15, 0.2) is 52.3 Å². The molecule has 3 N–H and O–H groups in total. The molecule has 0 amide bonds. The van der Waals surface area contributed by atoms with Gasteiger partial charge in [-0.3, -0.25) is 9.05 Å². The van der Waals surface area contributed by atoms with Gasteiger partial charge in [-0.05, 0) is 55.2 Å². The standard InChI is InChI=1S/C19H23ClNO5PS/c1-24-15-5-2-6-16(10-15)28-17-8-7-14(18(20)11-17)4-3-9-19(21)12-25-27(22,23)26-13-19/h2,5-8,10-11H,3-4,9,12-13,21H2,1H3,(H,22,23). The van der Waals surface area contributed by atoms with E-state index in [2.05, 4.69) is 0 Å². The van der Waals surface area contributed by atoms with E-state index in [9.17, 15) is 9.46 Å². The van der Waals surface area contributed by atoms with Crippen LogP contribution in [0.2, 0.25) is 5.02 Å². The fraction of sp³-hybridized carbons (Fsp3) is 0.368. The van der Waals surface area contributed by atoms with Crippen molar-refractivity contribution in [3.05, 3.63) is 53.1 Å². The zero-order chi connectivity index (χ0) is 20.2. The van der Waals surface area contributed by atoms with Gasteiger partial charge in [-0.15, -0.1) is 0 Å². The van der Waals surface area contributed by atoms with Crippen LogP contribution < -0.4 is 10.5 Å². The normalized spacial score (nSPS) is 24.9. The van der Waals surface area contributed by atoms with E-state index in [1.54, 1.807) is 18.9 Å². The lowest BCUT2D eigenvalue weighted by Gasteiger charge is -2.34. The average Bonchev–Trinajstić information content (AvgIpc) is 2.67. The van der Waals surface area contributed by atoms with Crippen molar-refractivity contribution in [3.8, 4) is 5.75 Å². The highest BCUT2D eigenvalue weighted by atomic mass is 35.5. The highest BCUT2D eigenvalue weighted by Crippen LogP contribution is 2.48.